The van der Waals surface area contributed by atoms with E-state index in [-0.39, 0.29) is 23.1 Å². The molecule has 3 nitrogen and oxygen atoms in total. The smallest absolute Gasteiger partial charge is 0.309 e. The molecule has 0 aromatic heterocycles. The Kier molecular flexibility index (Phi) is 1.82. The van der Waals surface area contributed by atoms with Crippen LogP contribution in [-0.4, -0.2) is 18.2 Å². The standard InChI is InChI=1S/C13H14O3/c1-16-12(15)11-7-13(11)5-4-8-2-3-9(14)6-10(8)13/h2-3,6,11,14H,4-5,7H2,1H3/t11-,13-/m0/s1. The van der Waals surface area contributed by atoms with Gasteiger partial charge < -0.3 is 9.84 Å². The zero-order chi connectivity index (χ0) is 11.3. The van der Waals surface area contributed by atoms with Gasteiger partial charge in [-0.05, 0) is 42.5 Å². The molecule has 0 unspecified atom stereocenters. The van der Waals surface area contributed by atoms with Crippen LogP contribution in [0.1, 0.15) is 24.0 Å². The molecule has 84 valence electrons. The highest BCUT2D eigenvalue weighted by atomic mass is 16.5. The first-order chi connectivity index (χ1) is 7.67. The summed E-state index contributed by atoms with van der Waals surface area (Å²) in [5.41, 5.74) is 2.40. The van der Waals surface area contributed by atoms with Gasteiger partial charge in [-0.1, -0.05) is 6.07 Å². The molecule has 16 heavy (non-hydrogen) atoms. The van der Waals surface area contributed by atoms with Crippen LogP contribution in [0, 0.1) is 5.92 Å². The summed E-state index contributed by atoms with van der Waals surface area (Å²) in [5.74, 6) is 0.173. The molecule has 2 atom stereocenters. The van der Waals surface area contributed by atoms with Crippen molar-refractivity contribution >= 4 is 5.97 Å². The molecule has 3 heteroatoms. The Labute approximate surface area is 94.0 Å². The molecule has 1 aromatic carbocycles. The van der Waals surface area contributed by atoms with Crippen LogP contribution in [-0.2, 0) is 21.4 Å². The van der Waals surface area contributed by atoms with Crippen molar-refractivity contribution in [2.24, 2.45) is 5.92 Å². The zero-order valence-electron chi connectivity index (χ0n) is 9.19. The molecule has 0 heterocycles. The summed E-state index contributed by atoms with van der Waals surface area (Å²) in [7, 11) is 1.44. The van der Waals surface area contributed by atoms with Crippen LogP contribution in [0.25, 0.3) is 0 Å². The van der Waals surface area contributed by atoms with Gasteiger partial charge in [-0.15, -0.1) is 0 Å². The third-order valence-corrected chi connectivity index (χ3v) is 4.03. The van der Waals surface area contributed by atoms with Gasteiger partial charge in [0, 0.05) is 5.41 Å². The molecule has 0 radical (unpaired) electrons. The molecule has 1 fully saturated rings. The van der Waals surface area contributed by atoms with Crippen LogP contribution in [0.5, 0.6) is 5.75 Å². The molecular weight excluding hydrogens is 204 g/mol. The minimum Gasteiger partial charge on any atom is -0.508 e. The Morgan fingerprint density at radius 2 is 2.38 bits per heavy atom. The van der Waals surface area contributed by atoms with Crippen LogP contribution in [0.15, 0.2) is 18.2 Å². The molecule has 2 aliphatic rings. The van der Waals surface area contributed by atoms with E-state index < -0.39 is 0 Å². The highest BCUT2D eigenvalue weighted by Gasteiger charge is 2.62. The number of benzene rings is 1. The van der Waals surface area contributed by atoms with E-state index in [0.29, 0.717) is 0 Å². The second-order valence-electron chi connectivity index (χ2n) is 4.78. The quantitative estimate of drug-likeness (QED) is 0.731. The topological polar surface area (TPSA) is 46.5 Å². The van der Waals surface area contributed by atoms with Gasteiger partial charge >= 0.3 is 5.97 Å². The van der Waals surface area contributed by atoms with E-state index in [4.69, 9.17) is 4.74 Å². The number of phenolic OH excluding ortho intramolecular Hbond substituents is 1. The Morgan fingerprint density at radius 1 is 1.56 bits per heavy atom. The maximum absolute atomic E-state index is 11.5. The maximum Gasteiger partial charge on any atom is 0.309 e. The molecule has 0 amide bonds. The molecule has 0 bridgehead atoms. The number of fused-ring (bicyclic) bond motifs is 2. The van der Waals surface area contributed by atoms with Gasteiger partial charge in [-0.3, -0.25) is 4.79 Å². The Balaban J connectivity index is 1.99. The molecule has 0 saturated heterocycles. The van der Waals surface area contributed by atoms with Crippen molar-refractivity contribution in [1.29, 1.82) is 0 Å². The van der Waals surface area contributed by atoms with Crippen LogP contribution in [0.3, 0.4) is 0 Å². The molecule has 1 spiro atoms. The predicted molar refractivity (Wildman–Crippen MR) is 58.2 cm³/mol. The number of methoxy groups -OCH3 is 1. The number of hydrogen-bond acceptors (Lipinski definition) is 3. The van der Waals surface area contributed by atoms with Gasteiger partial charge in [-0.2, -0.15) is 0 Å². The number of aromatic hydroxyl groups is 1. The summed E-state index contributed by atoms with van der Waals surface area (Å²) in [5, 5.41) is 9.52. The van der Waals surface area contributed by atoms with Gasteiger partial charge in [0.15, 0.2) is 0 Å². The molecule has 3 rings (SSSR count). The second-order valence-corrected chi connectivity index (χ2v) is 4.78. The zero-order valence-corrected chi connectivity index (χ0v) is 9.19. The fourth-order valence-electron chi connectivity index (χ4n) is 3.07. The van der Waals surface area contributed by atoms with E-state index in [0.717, 1.165) is 24.8 Å². The van der Waals surface area contributed by atoms with Crippen LogP contribution in [0.2, 0.25) is 0 Å². The fourth-order valence-corrected chi connectivity index (χ4v) is 3.07. The lowest BCUT2D eigenvalue weighted by Gasteiger charge is -2.10. The van der Waals surface area contributed by atoms with Gasteiger partial charge in [0.2, 0.25) is 0 Å². The minimum atomic E-state index is -0.115. The average Bonchev–Trinajstić information content (AvgIpc) is 2.91. The van der Waals surface area contributed by atoms with Crippen molar-refractivity contribution in [3.8, 4) is 5.75 Å². The van der Waals surface area contributed by atoms with E-state index in [9.17, 15) is 9.90 Å². The van der Waals surface area contributed by atoms with E-state index in [1.807, 2.05) is 12.1 Å². The van der Waals surface area contributed by atoms with Gasteiger partial charge in [0.05, 0.1) is 13.0 Å². The first kappa shape index (κ1) is 9.70. The molecule has 1 saturated carbocycles. The van der Waals surface area contributed by atoms with Gasteiger partial charge in [0.25, 0.3) is 0 Å². The number of ether oxygens (including phenoxy) is 1. The van der Waals surface area contributed by atoms with E-state index in [1.165, 1.54) is 12.7 Å². The number of rotatable bonds is 1. The summed E-state index contributed by atoms with van der Waals surface area (Å²) in [4.78, 5) is 11.5. The van der Waals surface area contributed by atoms with Crippen LogP contribution in [0.4, 0.5) is 0 Å². The van der Waals surface area contributed by atoms with Crippen LogP contribution >= 0.6 is 0 Å². The third-order valence-electron chi connectivity index (χ3n) is 4.03. The lowest BCUT2D eigenvalue weighted by atomic mass is 9.95. The lowest BCUT2D eigenvalue weighted by molar-refractivity contribution is -0.142. The Bertz CT molecular complexity index is 466. The normalized spacial score (nSPS) is 30.2. The summed E-state index contributed by atoms with van der Waals surface area (Å²) in [6, 6.07) is 5.49. The number of esters is 1. The average molecular weight is 218 g/mol. The monoisotopic (exact) mass is 218 g/mol. The molecule has 1 aromatic rings. The van der Waals surface area contributed by atoms with Crippen molar-refractivity contribution < 1.29 is 14.6 Å². The predicted octanol–water partition coefficient (Wildman–Crippen LogP) is 1.77. The fraction of sp³-hybridized carbons (Fsp3) is 0.462. The number of phenols is 1. The van der Waals surface area contributed by atoms with Gasteiger partial charge in [-0.25, -0.2) is 0 Å². The number of hydrogen-bond donors (Lipinski definition) is 1. The van der Waals surface area contributed by atoms with Crippen molar-refractivity contribution in [3.63, 3.8) is 0 Å². The third kappa shape index (κ3) is 1.11. The minimum absolute atomic E-state index is 0.000509. The SMILES string of the molecule is COC(=O)[C@@H]1C[C@]12CCc1ccc(O)cc12. The summed E-state index contributed by atoms with van der Waals surface area (Å²) in [6.07, 6.45) is 2.88. The number of carbonyl (C=O) groups excluding carboxylic acids is 1. The molecule has 0 aliphatic heterocycles. The Morgan fingerprint density at radius 3 is 3.12 bits per heavy atom. The van der Waals surface area contributed by atoms with Crippen molar-refractivity contribution in [1.82, 2.24) is 0 Å². The van der Waals surface area contributed by atoms with E-state index in [2.05, 4.69) is 0 Å². The van der Waals surface area contributed by atoms with Gasteiger partial charge in [0.1, 0.15) is 5.75 Å². The highest BCUT2D eigenvalue weighted by molar-refractivity contribution is 5.80. The number of carbonyl (C=O) groups is 1. The highest BCUT2D eigenvalue weighted by Crippen LogP contribution is 2.62. The molecule has 2 aliphatic carbocycles. The van der Waals surface area contributed by atoms with Crippen LogP contribution < -0.4 is 0 Å². The second kappa shape index (κ2) is 3.00. The lowest BCUT2D eigenvalue weighted by Crippen LogP contribution is -2.13. The molecular formula is C13H14O3. The number of aryl methyl sites for hydroxylation is 1. The first-order valence-electron chi connectivity index (χ1n) is 5.57. The van der Waals surface area contributed by atoms with Crippen molar-refractivity contribution in [2.45, 2.75) is 24.7 Å². The van der Waals surface area contributed by atoms with E-state index >= 15 is 0 Å². The largest absolute Gasteiger partial charge is 0.508 e. The maximum atomic E-state index is 11.5. The van der Waals surface area contributed by atoms with E-state index in [1.54, 1.807) is 6.07 Å². The van der Waals surface area contributed by atoms with Crippen molar-refractivity contribution in [2.75, 3.05) is 7.11 Å². The first-order valence-corrected chi connectivity index (χ1v) is 5.57. The summed E-state index contributed by atoms with van der Waals surface area (Å²) in [6.45, 7) is 0. The Hall–Kier alpha value is -1.51. The molecule has 1 N–H and O–H groups in total. The van der Waals surface area contributed by atoms with Crippen molar-refractivity contribution in [3.05, 3.63) is 29.3 Å². The summed E-state index contributed by atoms with van der Waals surface area (Å²) < 4.78 is 4.80. The summed E-state index contributed by atoms with van der Waals surface area (Å²) >= 11 is 0.